The van der Waals surface area contributed by atoms with Gasteiger partial charge in [0, 0.05) is 31.7 Å². The van der Waals surface area contributed by atoms with Crippen molar-refractivity contribution in [3.05, 3.63) is 44.1 Å². The van der Waals surface area contributed by atoms with Crippen molar-refractivity contribution in [2.24, 2.45) is 5.92 Å². The van der Waals surface area contributed by atoms with E-state index in [-0.39, 0.29) is 5.91 Å². The third-order valence-electron chi connectivity index (χ3n) is 3.34. The minimum atomic E-state index is 0.00856. The summed E-state index contributed by atoms with van der Waals surface area (Å²) in [6.45, 7) is 2.47. The summed E-state index contributed by atoms with van der Waals surface area (Å²) in [6, 6.07) is 5.56. The van der Waals surface area contributed by atoms with Gasteiger partial charge < -0.3 is 10.2 Å². The molecule has 1 aliphatic rings. The highest BCUT2D eigenvalue weighted by molar-refractivity contribution is 9.10. The van der Waals surface area contributed by atoms with Crippen LogP contribution in [0.1, 0.15) is 9.67 Å². The predicted octanol–water partition coefficient (Wildman–Crippen LogP) is 3.43. The number of anilines is 1. The number of amides is 1. The Hall–Kier alpha value is -1.11. The second-order valence-electron chi connectivity index (χ2n) is 4.92. The van der Waals surface area contributed by atoms with Crippen LogP contribution in [0.15, 0.2) is 34.2 Å². The number of nitrogens with zero attached hydrogens (tertiary/aromatic N) is 2. The number of hydrogen-bond donors (Lipinski definition) is 1. The second-order valence-corrected chi connectivity index (χ2v) is 7.16. The van der Waals surface area contributed by atoms with Gasteiger partial charge in [-0.15, -0.1) is 11.3 Å². The summed E-state index contributed by atoms with van der Waals surface area (Å²) in [4.78, 5) is 19.1. The van der Waals surface area contributed by atoms with E-state index >= 15 is 0 Å². The molecule has 0 aromatic carbocycles. The zero-order valence-electron chi connectivity index (χ0n) is 11.1. The zero-order valence-corrected chi connectivity index (χ0v) is 14.2. The van der Waals surface area contributed by atoms with Gasteiger partial charge in [-0.3, -0.25) is 4.79 Å². The van der Waals surface area contributed by atoms with Crippen molar-refractivity contribution in [2.45, 2.75) is 0 Å². The van der Waals surface area contributed by atoms with E-state index in [1.807, 2.05) is 23.6 Å². The minimum absolute atomic E-state index is 0.00856. The van der Waals surface area contributed by atoms with Crippen LogP contribution in [-0.2, 0) is 0 Å². The van der Waals surface area contributed by atoms with E-state index in [2.05, 4.69) is 31.1 Å². The molecule has 1 aliphatic heterocycles. The third kappa shape index (κ3) is 3.39. The van der Waals surface area contributed by atoms with Crippen LogP contribution in [0.25, 0.3) is 0 Å². The molecule has 4 nitrogen and oxygen atoms in total. The van der Waals surface area contributed by atoms with Crippen molar-refractivity contribution in [2.75, 3.05) is 24.5 Å². The molecule has 0 spiro atoms. The molecule has 2 aromatic rings. The molecule has 0 saturated carbocycles. The van der Waals surface area contributed by atoms with Gasteiger partial charge in [0.1, 0.15) is 5.82 Å². The largest absolute Gasteiger partial charge is 0.355 e. The van der Waals surface area contributed by atoms with Gasteiger partial charge in [0.15, 0.2) is 0 Å². The van der Waals surface area contributed by atoms with Crippen LogP contribution in [0.2, 0.25) is 5.02 Å². The van der Waals surface area contributed by atoms with Crippen molar-refractivity contribution in [1.82, 2.24) is 10.3 Å². The molecule has 2 aromatic heterocycles. The van der Waals surface area contributed by atoms with Gasteiger partial charge in [-0.05, 0) is 33.4 Å². The first kappa shape index (κ1) is 14.8. The highest BCUT2D eigenvalue weighted by Crippen LogP contribution is 2.31. The van der Waals surface area contributed by atoms with E-state index in [0.717, 1.165) is 28.3 Å². The van der Waals surface area contributed by atoms with Gasteiger partial charge >= 0.3 is 0 Å². The minimum Gasteiger partial charge on any atom is -0.355 e. The Morgan fingerprint density at radius 2 is 2.38 bits per heavy atom. The molecule has 21 heavy (non-hydrogen) atoms. The first-order chi connectivity index (χ1) is 10.1. The van der Waals surface area contributed by atoms with Crippen molar-refractivity contribution in [3.8, 4) is 0 Å². The summed E-state index contributed by atoms with van der Waals surface area (Å²) in [7, 11) is 0. The van der Waals surface area contributed by atoms with E-state index in [4.69, 9.17) is 11.6 Å². The summed E-state index contributed by atoms with van der Waals surface area (Å²) in [5, 5.41) is 5.50. The van der Waals surface area contributed by atoms with Crippen LogP contribution >= 0.6 is 38.9 Å². The van der Waals surface area contributed by atoms with Crippen LogP contribution < -0.4 is 10.2 Å². The molecule has 0 bridgehead atoms. The summed E-state index contributed by atoms with van der Waals surface area (Å²) >= 11 is 10.8. The molecule has 7 heteroatoms. The predicted molar refractivity (Wildman–Crippen MR) is 89.3 cm³/mol. The molecular weight excluding hydrogens is 374 g/mol. The zero-order chi connectivity index (χ0) is 14.8. The molecule has 3 heterocycles. The molecule has 1 fully saturated rings. The Bertz CT molecular complexity index is 644. The lowest BCUT2D eigenvalue weighted by atomic mass is 10.0. The van der Waals surface area contributed by atoms with Crippen molar-refractivity contribution >= 4 is 50.6 Å². The number of carbonyl (C=O) groups excluding carboxylic acids is 1. The fraction of sp³-hybridized carbons (Fsp3) is 0.286. The summed E-state index contributed by atoms with van der Waals surface area (Å²) in [6.07, 6.45) is 1.65. The number of carbonyl (C=O) groups is 1. The van der Waals surface area contributed by atoms with E-state index in [1.54, 1.807) is 6.20 Å². The van der Waals surface area contributed by atoms with Gasteiger partial charge in [0.05, 0.1) is 14.4 Å². The molecule has 1 N–H and O–H groups in total. The highest BCUT2D eigenvalue weighted by atomic mass is 79.9. The SMILES string of the molecule is O=C(NCC1CN(c2ncc(Cl)cc2Br)C1)c1cccs1. The maximum absolute atomic E-state index is 11.8. The molecule has 0 atom stereocenters. The van der Waals surface area contributed by atoms with E-state index in [1.165, 1.54) is 11.3 Å². The third-order valence-corrected chi connectivity index (χ3v) is 5.00. The normalized spacial score (nSPS) is 14.9. The maximum Gasteiger partial charge on any atom is 0.261 e. The van der Waals surface area contributed by atoms with Gasteiger partial charge in [0.2, 0.25) is 0 Å². The number of halogens is 2. The maximum atomic E-state index is 11.8. The summed E-state index contributed by atoms with van der Waals surface area (Å²) < 4.78 is 0.899. The van der Waals surface area contributed by atoms with Gasteiger partial charge in [-0.2, -0.15) is 0 Å². The van der Waals surface area contributed by atoms with E-state index in [9.17, 15) is 4.79 Å². The Kier molecular flexibility index (Phi) is 4.47. The number of thiophene rings is 1. The summed E-state index contributed by atoms with van der Waals surface area (Å²) in [5.41, 5.74) is 0. The first-order valence-electron chi connectivity index (χ1n) is 6.51. The van der Waals surface area contributed by atoms with Crippen LogP contribution in [-0.4, -0.2) is 30.5 Å². The molecular formula is C14H13BrClN3OS. The number of nitrogens with one attached hydrogen (secondary N) is 1. The van der Waals surface area contributed by atoms with E-state index < -0.39 is 0 Å². The van der Waals surface area contributed by atoms with Crippen molar-refractivity contribution < 1.29 is 4.79 Å². The van der Waals surface area contributed by atoms with Crippen LogP contribution in [0.5, 0.6) is 0 Å². The van der Waals surface area contributed by atoms with Crippen LogP contribution in [0.4, 0.5) is 5.82 Å². The van der Waals surface area contributed by atoms with Gasteiger partial charge in [0.25, 0.3) is 5.91 Å². The van der Waals surface area contributed by atoms with E-state index in [0.29, 0.717) is 17.5 Å². The Morgan fingerprint density at radius 1 is 1.57 bits per heavy atom. The standard InChI is InChI=1S/C14H13BrClN3OS/c15-11-4-10(16)6-17-13(11)19-7-9(8-19)5-18-14(20)12-2-1-3-21-12/h1-4,6,9H,5,7-8H2,(H,18,20). The fourth-order valence-corrected chi connectivity index (χ4v) is 3.77. The molecule has 0 radical (unpaired) electrons. The second kappa shape index (κ2) is 6.34. The van der Waals surface area contributed by atoms with Gasteiger partial charge in [-0.1, -0.05) is 17.7 Å². The topological polar surface area (TPSA) is 45.2 Å². The smallest absolute Gasteiger partial charge is 0.261 e. The number of rotatable bonds is 4. The summed E-state index contributed by atoms with van der Waals surface area (Å²) in [5.74, 6) is 1.37. The molecule has 1 amide bonds. The first-order valence-corrected chi connectivity index (χ1v) is 8.56. The highest BCUT2D eigenvalue weighted by Gasteiger charge is 2.29. The Balaban J connectivity index is 1.49. The average molecular weight is 387 g/mol. The lowest BCUT2D eigenvalue weighted by Crippen LogP contribution is -2.52. The monoisotopic (exact) mass is 385 g/mol. The molecule has 0 aliphatic carbocycles. The quantitative estimate of drug-likeness (QED) is 0.875. The Morgan fingerprint density at radius 3 is 3.05 bits per heavy atom. The lowest BCUT2D eigenvalue weighted by molar-refractivity contribution is 0.0948. The average Bonchev–Trinajstić information content (AvgIpc) is 2.92. The molecule has 3 rings (SSSR count). The number of hydrogen-bond acceptors (Lipinski definition) is 4. The molecule has 1 saturated heterocycles. The fourth-order valence-electron chi connectivity index (χ4n) is 2.24. The van der Waals surface area contributed by atoms with Crippen LogP contribution in [0.3, 0.4) is 0 Å². The molecule has 0 unspecified atom stereocenters. The number of aromatic nitrogens is 1. The van der Waals surface area contributed by atoms with Crippen molar-refractivity contribution in [3.63, 3.8) is 0 Å². The van der Waals surface area contributed by atoms with Gasteiger partial charge in [-0.25, -0.2) is 4.98 Å². The Labute approximate surface area is 140 Å². The van der Waals surface area contributed by atoms with Crippen LogP contribution in [0, 0.1) is 5.92 Å². The number of pyridine rings is 1. The lowest BCUT2D eigenvalue weighted by Gasteiger charge is -2.40. The molecule has 110 valence electrons. The van der Waals surface area contributed by atoms with Crippen molar-refractivity contribution in [1.29, 1.82) is 0 Å².